The third-order valence-electron chi connectivity index (χ3n) is 1.98. The van der Waals surface area contributed by atoms with Crippen molar-refractivity contribution in [3.63, 3.8) is 0 Å². The molecule has 0 aliphatic carbocycles. The summed E-state index contributed by atoms with van der Waals surface area (Å²) in [5.74, 6) is -0.374. The van der Waals surface area contributed by atoms with Crippen molar-refractivity contribution in [3.8, 4) is 0 Å². The van der Waals surface area contributed by atoms with Gasteiger partial charge in [-0.3, -0.25) is 9.59 Å². The highest BCUT2D eigenvalue weighted by molar-refractivity contribution is 14.1. The Bertz CT molecular complexity index is 452. The molecule has 0 aliphatic heterocycles. The maximum atomic E-state index is 12.5. The van der Waals surface area contributed by atoms with Crippen molar-refractivity contribution in [1.29, 1.82) is 0 Å². The van der Waals surface area contributed by atoms with Gasteiger partial charge in [0, 0.05) is 14.7 Å². The van der Waals surface area contributed by atoms with E-state index in [9.17, 15) is 22.8 Å². The number of alkyl halides is 3. The van der Waals surface area contributed by atoms with E-state index in [1.165, 1.54) is 6.92 Å². The second-order valence-electron chi connectivity index (χ2n) is 3.06. The molecule has 0 amide bonds. The number of rotatable bonds is 2. The molecule has 86 valence electrons. The minimum atomic E-state index is -4.59. The summed E-state index contributed by atoms with van der Waals surface area (Å²) in [6.07, 6.45) is -4.47. The lowest BCUT2D eigenvalue weighted by atomic mass is 10.0. The lowest BCUT2D eigenvalue weighted by Crippen LogP contribution is -2.12. The van der Waals surface area contributed by atoms with Gasteiger partial charge >= 0.3 is 6.18 Å². The van der Waals surface area contributed by atoms with Crippen molar-refractivity contribution in [1.82, 2.24) is 0 Å². The Morgan fingerprint density at radius 1 is 1.38 bits per heavy atom. The molecule has 16 heavy (non-hydrogen) atoms. The van der Waals surface area contributed by atoms with Crippen molar-refractivity contribution < 1.29 is 22.8 Å². The van der Waals surface area contributed by atoms with Gasteiger partial charge in [-0.15, -0.1) is 0 Å². The fourth-order valence-corrected chi connectivity index (χ4v) is 2.20. The number of benzene rings is 1. The first kappa shape index (κ1) is 13.1. The third kappa shape index (κ3) is 2.42. The molecule has 2 nitrogen and oxygen atoms in total. The van der Waals surface area contributed by atoms with Crippen LogP contribution in [0.3, 0.4) is 0 Å². The molecule has 0 spiro atoms. The maximum Gasteiger partial charge on any atom is 0.417 e. The molecule has 0 saturated heterocycles. The van der Waals surface area contributed by atoms with Crippen LogP contribution < -0.4 is 0 Å². The summed E-state index contributed by atoms with van der Waals surface area (Å²) in [6.45, 7) is 1.24. The Balaban J connectivity index is 3.53. The van der Waals surface area contributed by atoms with Gasteiger partial charge in [-0.25, -0.2) is 0 Å². The van der Waals surface area contributed by atoms with E-state index < -0.39 is 17.3 Å². The van der Waals surface area contributed by atoms with Gasteiger partial charge in [0.15, 0.2) is 12.1 Å². The average molecular weight is 342 g/mol. The van der Waals surface area contributed by atoms with Crippen LogP contribution in [0.5, 0.6) is 0 Å². The van der Waals surface area contributed by atoms with Gasteiger partial charge in [-0.05, 0) is 41.6 Å². The first-order valence-corrected chi connectivity index (χ1v) is 5.22. The predicted molar refractivity (Wildman–Crippen MR) is 59.6 cm³/mol. The number of carbonyl (C=O) groups is 2. The Kier molecular flexibility index (Phi) is 3.72. The van der Waals surface area contributed by atoms with Gasteiger partial charge in [-0.2, -0.15) is 13.2 Å². The van der Waals surface area contributed by atoms with Crippen LogP contribution in [0, 0.1) is 3.57 Å². The second-order valence-corrected chi connectivity index (χ2v) is 4.14. The van der Waals surface area contributed by atoms with Gasteiger partial charge in [0.2, 0.25) is 0 Å². The van der Waals surface area contributed by atoms with Crippen LogP contribution in [0.25, 0.3) is 0 Å². The Morgan fingerprint density at radius 2 is 1.94 bits per heavy atom. The van der Waals surface area contributed by atoms with E-state index in [0.29, 0.717) is 0 Å². The van der Waals surface area contributed by atoms with E-state index in [2.05, 4.69) is 0 Å². The molecule has 0 unspecified atom stereocenters. The zero-order chi connectivity index (χ0) is 12.5. The number of hydrogen-bond acceptors (Lipinski definition) is 2. The topological polar surface area (TPSA) is 34.1 Å². The molecule has 0 aromatic heterocycles. The summed E-state index contributed by atoms with van der Waals surface area (Å²) < 4.78 is 37.5. The van der Waals surface area contributed by atoms with Gasteiger partial charge in [0.05, 0.1) is 5.56 Å². The molecule has 0 N–H and O–H groups in total. The van der Waals surface area contributed by atoms with Crippen LogP contribution in [-0.4, -0.2) is 12.1 Å². The minimum Gasteiger partial charge on any atom is -0.298 e. The van der Waals surface area contributed by atoms with Gasteiger partial charge < -0.3 is 0 Å². The first-order chi connectivity index (χ1) is 7.29. The lowest BCUT2D eigenvalue weighted by Gasteiger charge is -2.12. The Labute approximate surface area is 103 Å². The van der Waals surface area contributed by atoms with E-state index in [-0.39, 0.29) is 21.2 Å². The summed E-state index contributed by atoms with van der Waals surface area (Å²) in [6, 6.07) is 1.84. The molecular formula is C10H6F3IO2. The predicted octanol–water partition coefficient (Wildman–Crippen LogP) is 3.33. The van der Waals surface area contributed by atoms with Crippen LogP contribution in [0.4, 0.5) is 13.2 Å². The SMILES string of the molecule is CC(=O)c1ccc(C(F)(F)F)c(C=O)c1I. The minimum absolute atomic E-state index is 0.0370. The van der Waals surface area contributed by atoms with E-state index in [1.54, 1.807) is 22.6 Å². The molecule has 1 aromatic rings. The highest BCUT2D eigenvalue weighted by Crippen LogP contribution is 2.34. The summed E-state index contributed by atoms with van der Waals surface area (Å²) in [5, 5.41) is 0. The zero-order valence-electron chi connectivity index (χ0n) is 8.06. The smallest absolute Gasteiger partial charge is 0.298 e. The molecule has 1 rings (SSSR count). The monoisotopic (exact) mass is 342 g/mol. The second kappa shape index (κ2) is 4.52. The largest absolute Gasteiger partial charge is 0.417 e. The highest BCUT2D eigenvalue weighted by Gasteiger charge is 2.34. The number of halogens is 4. The molecule has 0 fully saturated rings. The normalized spacial score (nSPS) is 11.3. The first-order valence-electron chi connectivity index (χ1n) is 4.15. The summed E-state index contributed by atoms with van der Waals surface area (Å²) in [4.78, 5) is 21.7. The van der Waals surface area contributed by atoms with E-state index in [1.807, 2.05) is 0 Å². The van der Waals surface area contributed by atoms with Crippen molar-refractivity contribution >= 4 is 34.7 Å². The summed E-state index contributed by atoms with van der Waals surface area (Å²) in [7, 11) is 0. The van der Waals surface area contributed by atoms with Crippen molar-refractivity contribution in [2.24, 2.45) is 0 Å². The van der Waals surface area contributed by atoms with Gasteiger partial charge in [0.25, 0.3) is 0 Å². The standard InChI is InChI=1S/C10H6F3IO2/c1-5(16)6-2-3-8(10(11,12)13)7(4-15)9(6)14/h2-4H,1H3. The average Bonchev–Trinajstić information content (AvgIpc) is 2.15. The molecule has 0 heterocycles. The molecule has 1 aromatic carbocycles. The summed E-state index contributed by atoms with van der Waals surface area (Å²) in [5.41, 5.74) is -1.38. The molecule has 0 atom stereocenters. The number of aldehydes is 1. The van der Waals surface area contributed by atoms with Crippen LogP contribution in [0.2, 0.25) is 0 Å². The van der Waals surface area contributed by atoms with Gasteiger partial charge in [0.1, 0.15) is 0 Å². The molecule has 0 saturated carbocycles. The third-order valence-corrected chi connectivity index (χ3v) is 3.14. The zero-order valence-corrected chi connectivity index (χ0v) is 10.2. The number of carbonyl (C=O) groups excluding carboxylic acids is 2. The molecular weight excluding hydrogens is 336 g/mol. The van der Waals surface area contributed by atoms with E-state index >= 15 is 0 Å². The quantitative estimate of drug-likeness (QED) is 0.469. The Morgan fingerprint density at radius 3 is 2.31 bits per heavy atom. The van der Waals surface area contributed by atoms with Gasteiger partial charge in [-0.1, -0.05) is 0 Å². The lowest BCUT2D eigenvalue weighted by molar-refractivity contribution is -0.137. The van der Waals surface area contributed by atoms with E-state index in [4.69, 9.17) is 0 Å². The van der Waals surface area contributed by atoms with Crippen LogP contribution in [-0.2, 0) is 6.18 Å². The number of Topliss-reactive ketones (excluding diaryl/α,β-unsaturated/α-hetero) is 1. The van der Waals surface area contributed by atoms with Crippen molar-refractivity contribution in [2.45, 2.75) is 13.1 Å². The van der Waals surface area contributed by atoms with Crippen molar-refractivity contribution in [2.75, 3.05) is 0 Å². The van der Waals surface area contributed by atoms with Crippen LogP contribution >= 0.6 is 22.6 Å². The van der Waals surface area contributed by atoms with Crippen LogP contribution in [0.1, 0.15) is 33.2 Å². The highest BCUT2D eigenvalue weighted by atomic mass is 127. The summed E-state index contributed by atoms with van der Waals surface area (Å²) >= 11 is 1.57. The van der Waals surface area contributed by atoms with E-state index in [0.717, 1.165) is 12.1 Å². The fourth-order valence-electron chi connectivity index (χ4n) is 1.23. The molecule has 0 radical (unpaired) electrons. The number of ketones is 1. The Hall–Kier alpha value is -0.920. The molecule has 6 heteroatoms. The maximum absolute atomic E-state index is 12.5. The number of hydrogen-bond donors (Lipinski definition) is 0. The fraction of sp³-hybridized carbons (Fsp3) is 0.200. The van der Waals surface area contributed by atoms with Crippen LogP contribution in [0.15, 0.2) is 12.1 Å². The molecule has 0 aliphatic rings. The van der Waals surface area contributed by atoms with Crippen molar-refractivity contribution in [3.05, 3.63) is 32.4 Å². The molecule has 0 bridgehead atoms.